The van der Waals surface area contributed by atoms with Crippen molar-refractivity contribution in [2.45, 2.75) is 6.10 Å². The van der Waals surface area contributed by atoms with Gasteiger partial charge in [-0.15, -0.1) is 0 Å². The molecule has 126 valence electrons. The number of hydrogen-bond donors (Lipinski definition) is 2. The van der Waals surface area contributed by atoms with Gasteiger partial charge >= 0.3 is 0 Å². The Balaban J connectivity index is 1.62. The van der Waals surface area contributed by atoms with Gasteiger partial charge in [-0.3, -0.25) is 4.79 Å². The van der Waals surface area contributed by atoms with Crippen LogP contribution in [0.2, 0.25) is 0 Å². The van der Waals surface area contributed by atoms with E-state index < -0.39 is 12.0 Å². The van der Waals surface area contributed by atoms with Crippen LogP contribution in [0.4, 0.5) is 0 Å². The molecule has 3 rings (SSSR count). The van der Waals surface area contributed by atoms with Crippen LogP contribution in [0.1, 0.15) is 17.4 Å². The minimum atomic E-state index is -1.27. The Morgan fingerprint density at radius 2 is 1.92 bits per heavy atom. The maximum Gasteiger partial charge on any atom is 0.273 e. The smallest absolute Gasteiger partial charge is 0.273 e. The zero-order valence-corrected chi connectivity index (χ0v) is 14.7. The third-order valence-corrected chi connectivity index (χ3v) is 3.96. The molecule has 1 heterocycles. The Morgan fingerprint density at radius 3 is 2.68 bits per heavy atom. The molecular weight excluding hydrogens is 384 g/mol. The second-order valence-corrected chi connectivity index (χ2v) is 6.18. The van der Waals surface area contributed by atoms with Gasteiger partial charge in [-0.1, -0.05) is 58.4 Å². The summed E-state index contributed by atoms with van der Waals surface area (Å²) in [5.74, 6) is 0.573. The highest BCUT2D eigenvalue weighted by Crippen LogP contribution is 2.24. The minimum Gasteiger partial charge on any atom is -0.455 e. The largest absolute Gasteiger partial charge is 0.455 e. The Hall–Kier alpha value is -2.70. The van der Waals surface area contributed by atoms with Crippen molar-refractivity contribution in [3.63, 3.8) is 0 Å². The maximum atomic E-state index is 11.9. The first-order chi connectivity index (χ1) is 12.1. The number of rotatable bonds is 5. The molecule has 6 heteroatoms. The van der Waals surface area contributed by atoms with E-state index in [2.05, 4.69) is 26.5 Å². The molecule has 0 fully saturated rings. The van der Waals surface area contributed by atoms with Crippen molar-refractivity contribution in [1.82, 2.24) is 5.43 Å². The summed E-state index contributed by atoms with van der Waals surface area (Å²) >= 11 is 3.42. The first-order valence-electron chi connectivity index (χ1n) is 7.55. The van der Waals surface area contributed by atoms with Gasteiger partial charge in [0.05, 0.1) is 6.21 Å². The highest BCUT2D eigenvalue weighted by Gasteiger charge is 2.16. The second-order valence-electron chi connectivity index (χ2n) is 5.26. The number of hydrazone groups is 1. The molecule has 3 aromatic rings. The zero-order chi connectivity index (χ0) is 17.6. The molecule has 2 N–H and O–H groups in total. The summed E-state index contributed by atoms with van der Waals surface area (Å²) in [6.07, 6.45) is 0.115. The summed E-state index contributed by atoms with van der Waals surface area (Å²) in [5, 5.41) is 13.8. The molecular formula is C19H15BrN2O3. The molecule has 0 aliphatic carbocycles. The number of nitrogens with one attached hydrogen (secondary N) is 1. The molecule has 5 nitrogen and oxygen atoms in total. The van der Waals surface area contributed by atoms with Crippen molar-refractivity contribution in [1.29, 1.82) is 0 Å². The van der Waals surface area contributed by atoms with Crippen LogP contribution in [-0.2, 0) is 4.79 Å². The molecule has 0 saturated heterocycles. The van der Waals surface area contributed by atoms with E-state index in [9.17, 15) is 9.90 Å². The molecule has 0 aliphatic rings. The van der Waals surface area contributed by atoms with Crippen LogP contribution in [-0.4, -0.2) is 17.2 Å². The average Bonchev–Trinajstić information content (AvgIpc) is 3.11. The summed E-state index contributed by atoms with van der Waals surface area (Å²) in [6.45, 7) is 0. The number of benzene rings is 2. The van der Waals surface area contributed by atoms with Gasteiger partial charge in [0.2, 0.25) is 0 Å². The summed E-state index contributed by atoms with van der Waals surface area (Å²) in [7, 11) is 0. The summed E-state index contributed by atoms with van der Waals surface area (Å²) in [4.78, 5) is 11.9. The number of halogens is 1. The zero-order valence-electron chi connectivity index (χ0n) is 13.1. The SMILES string of the molecule is O=C(NN=Cc1ccc(-c2cccc(Br)c2)o1)C(O)c1ccccc1. The number of carbonyl (C=O) groups is 1. The van der Waals surface area contributed by atoms with Gasteiger partial charge in [-0.25, -0.2) is 5.43 Å². The molecule has 2 aromatic carbocycles. The lowest BCUT2D eigenvalue weighted by atomic mass is 10.1. The predicted molar refractivity (Wildman–Crippen MR) is 99.0 cm³/mol. The van der Waals surface area contributed by atoms with E-state index in [1.807, 2.05) is 36.4 Å². The van der Waals surface area contributed by atoms with Crippen molar-refractivity contribution >= 4 is 28.1 Å². The van der Waals surface area contributed by atoms with Crippen LogP contribution in [0.15, 0.2) is 80.7 Å². The molecule has 1 aromatic heterocycles. The van der Waals surface area contributed by atoms with E-state index in [4.69, 9.17) is 4.42 Å². The van der Waals surface area contributed by atoms with Crippen molar-refractivity contribution < 1.29 is 14.3 Å². The molecule has 0 saturated carbocycles. The lowest BCUT2D eigenvalue weighted by Gasteiger charge is -2.08. The molecule has 0 bridgehead atoms. The van der Waals surface area contributed by atoms with E-state index in [-0.39, 0.29) is 0 Å². The third-order valence-electron chi connectivity index (χ3n) is 3.47. The van der Waals surface area contributed by atoms with Crippen LogP contribution >= 0.6 is 15.9 Å². The van der Waals surface area contributed by atoms with Gasteiger partial charge in [0.15, 0.2) is 6.10 Å². The molecule has 25 heavy (non-hydrogen) atoms. The standard InChI is InChI=1S/C19H15BrN2O3/c20-15-8-4-7-14(11-15)17-10-9-16(25-17)12-21-22-19(24)18(23)13-5-2-1-3-6-13/h1-12,18,23H,(H,22,24). The molecule has 0 aliphatic heterocycles. The molecule has 1 amide bonds. The third kappa shape index (κ3) is 4.43. The molecule has 1 atom stereocenters. The van der Waals surface area contributed by atoms with Crippen LogP contribution in [0.25, 0.3) is 11.3 Å². The topological polar surface area (TPSA) is 74.8 Å². The number of amides is 1. The summed E-state index contributed by atoms with van der Waals surface area (Å²) in [6, 6.07) is 20.0. The van der Waals surface area contributed by atoms with Crippen molar-refractivity contribution in [2.24, 2.45) is 5.10 Å². The molecule has 0 radical (unpaired) electrons. The average molecular weight is 399 g/mol. The Morgan fingerprint density at radius 1 is 1.12 bits per heavy atom. The quantitative estimate of drug-likeness (QED) is 0.505. The van der Waals surface area contributed by atoms with Gasteiger partial charge in [-0.05, 0) is 29.8 Å². The van der Waals surface area contributed by atoms with E-state index in [1.54, 1.807) is 30.3 Å². The van der Waals surface area contributed by atoms with Crippen LogP contribution in [0.3, 0.4) is 0 Å². The Kier molecular flexibility index (Phi) is 5.42. The van der Waals surface area contributed by atoms with E-state index >= 15 is 0 Å². The fraction of sp³-hybridized carbons (Fsp3) is 0.0526. The highest BCUT2D eigenvalue weighted by molar-refractivity contribution is 9.10. The monoisotopic (exact) mass is 398 g/mol. The van der Waals surface area contributed by atoms with Crippen molar-refractivity contribution in [2.75, 3.05) is 0 Å². The van der Waals surface area contributed by atoms with Gasteiger partial charge in [0.25, 0.3) is 5.91 Å². The Labute approximate surface area is 153 Å². The van der Waals surface area contributed by atoms with Gasteiger partial charge in [-0.2, -0.15) is 5.10 Å². The molecule has 0 spiro atoms. The van der Waals surface area contributed by atoms with Crippen LogP contribution < -0.4 is 5.43 Å². The lowest BCUT2D eigenvalue weighted by Crippen LogP contribution is -2.25. The normalized spacial score (nSPS) is 12.2. The van der Waals surface area contributed by atoms with E-state index in [0.717, 1.165) is 10.0 Å². The van der Waals surface area contributed by atoms with Gasteiger partial charge in [0.1, 0.15) is 11.5 Å². The van der Waals surface area contributed by atoms with Crippen LogP contribution in [0, 0.1) is 0 Å². The van der Waals surface area contributed by atoms with E-state index in [1.165, 1.54) is 6.21 Å². The first kappa shape index (κ1) is 17.1. The molecule has 1 unspecified atom stereocenters. The number of aliphatic hydroxyl groups excluding tert-OH is 1. The number of aliphatic hydroxyl groups is 1. The van der Waals surface area contributed by atoms with Crippen LogP contribution in [0.5, 0.6) is 0 Å². The Bertz CT molecular complexity index is 890. The summed E-state index contributed by atoms with van der Waals surface area (Å²) < 4.78 is 6.62. The van der Waals surface area contributed by atoms with Gasteiger partial charge < -0.3 is 9.52 Å². The minimum absolute atomic E-state index is 0.490. The fourth-order valence-corrected chi connectivity index (χ4v) is 2.63. The predicted octanol–water partition coefficient (Wildman–Crippen LogP) is 3.89. The first-order valence-corrected chi connectivity index (χ1v) is 8.34. The maximum absolute atomic E-state index is 11.9. The highest BCUT2D eigenvalue weighted by atomic mass is 79.9. The van der Waals surface area contributed by atoms with Crippen molar-refractivity contribution in [3.8, 4) is 11.3 Å². The summed E-state index contributed by atoms with van der Waals surface area (Å²) in [5.41, 5.74) is 3.73. The number of hydrogen-bond acceptors (Lipinski definition) is 4. The number of nitrogens with zero attached hydrogens (tertiary/aromatic N) is 1. The number of carbonyl (C=O) groups excluding carboxylic acids is 1. The lowest BCUT2D eigenvalue weighted by molar-refractivity contribution is -0.129. The second kappa shape index (κ2) is 7.92. The van der Waals surface area contributed by atoms with Crippen molar-refractivity contribution in [3.05, 3.63) is 82.5 Å². The fourth-order valence-electron chi connectivity index (χ4n) is 2.23. The van der Waals surface area contributed by atoms with E-state index in [0.29, 0.717) is 17.1 Å². The van der Waals surface area contributed by atoms with Gasteiger partial charge in [0, 0.05) is 10.0 Å². The number of furan rings is 1.